The second-order valence-electron chi connectivity index (χ2n) is 7.95. The van der Waals surface area contributed by atoms with Gasteiger partial charge in [-0.1, -0.05) is 6.07 Å². The number of carbonyl (C=O) groups excluding carboxylic acids is 3. The molecule has 7 nitrogen and oxygen atoms in total. The second-order valence-corrected chi connectivity index (χ2v) is 8.89. The molecule has 3 heterocycles. The Balaban J connectivity index is 1.46. The zero-order valence-corrected chi connectivity index (χ0v) is 18.5. The topological polar surface area (TPSA) is 79.0 Å². The van der Waals surface area contributed by atoms with Gasteiger partial charge in [0.1, 0.15) is 5.75 Å². The normalized spacial score (nSPS) is 19.3. The number of nitrogens with zero attached hydrogens (tertiary/aromatic N) is 2. The van der Waals surface area contributed by atoms with Crippen LogP contribution in [0, 0.1) is 5.92 Å². The molecule has 0 unspecified atom stereocenters. The van der Waals surface area contributed by atoms with Gasteiger partial charge in [0.25, 0.3) is 5.91 Å². The van der Waals surface area contributed by atoms with E-state index in [-0.39, 0.29) is 23.6 Å². The maximum Gasteiger partial charge on any atom is 0.263 e. The lowest BCUT2D eigenvalue weighted by atomic mass is 9.96. The average Bonchev–Trinajstić information content (AvgIpc) is 3.34. The Hall–Kier alpha value is -2.87. The van der Waals surface area contributed by atoms with E-state index in [2.05, 4.69) is 5.32 Å². The van der Waals surface area contributed by atoms with Crippen LogP contribution in [0.1, 0.15) is 41.8 Å². The SMILES string of the molecule is COc1ccc(NC(=O)[C@H]2CCCN(C(=O)c3cccs3)C2)cc1N1CCCCC1=O. The lowest BCUT2D eigenvalue weighted by Crippen LogP contribution is -2.43. The number of ether oxygens (including phenoxy) is 1. The van der Waals surface area contributed by atoms with Crippen LogP contribution in [0.5, 0.6) is 5.75 Å². The third kappa shape index (κ3) is 4.74. The van der Waals surface area contributed by atoms with Crippen molar-refractivity contribution in [2.45, 2.75) is 32.1 Å². The molecule has 0 spiro atoms. The molecule has 1 N–H and O–H groups in total. The van der Waals surface area contributed by atoms with E-state index < -0.39 is 0 Å². The lowest BCUT2D eigenvalue weighted by Gasteiger charge is -2.32. The number of rotatable bonds is 5. The molecule has 1 atom stereocenters. The van der Waals surface area contributed by atoms with Gasteiger partial charge < -0.3 is 19.9 Å². The third-order valence-electron chi connectivity index (χ3n) is 5.87. The van der Waals surface area contributed by atoms with Gasteiger partial charge >= 0.3 is 0 Å². The molecule has 1 aromatic carbocycles. The first-order valence-electron chi connectivity index (χ1n) is 10.7. The summed E-state index contributed by atoms with van der Waals surface area (Å²) in [5.74, 6) is 0.300. The summed E-state index contributed by atoms with van der Waals surface area (Å²) < 4.78 is 5.45. The van der Waals surface area contributed by atoms with Crippen molar-refractivity contribution in [2.24, 2.45) is 5.92 Å². The highest BCUT2D eigenvalue weighted by atomic mass is 32.1. The molecule has 164 valence electrons. The fraction of sp³-hybridized carbons (Fsp3) is 0.435. The highest BCUT2D eigenvalue weighted by molar-refractivity contribution is 7.12. The standard InChI is InChI=1S/C23H27N3O4S/c1-30-19-10-9-17(14-18(19)26-12-3-2-8-21(26)27)24-22(28)16-6-4-11-25(15-16)23(29)20-7-5-13-31-20/h5,7,9-10,13-14,16H,2-4,6,8,11-12,15H2,1H3,(H,24,28)/t16-/m0/s1. The van der Waals surface area contributed by atoms with Crippen molar-refractivity contribution in [1.29, 1.82) is 0 Å². The van der Waals surface area contributed by atoms with E-state index in [4.69, 9.17) is 4.74 Å². The van der Waals surface area contributed by atoms with E-state index in [1.807, 2.05) is 17.5 Å². The summed E-state index contributed by atoms with van der Waals surface area (Å²) in [6.45, 7) is 1.73. The van der Waals surface area contributed by atoms with Crippen LogP contribution in [-0.4, -0.2) is 49.4 Å². The zero-order chi connectivity index (χ0) is 21.8. The quantitative estimate of drug-likeness (QED) is 0.766. The van der Waals surface area contributed by atoms with Crippen LogP contribution in [0.4, 0.5) is 11.4 Å². The van der Waals surface area contributed by atoms with Crippen molar-refractivity contribution in [2.75, 3.05) is 37.0 Å². The molecule has 2 aliphatic heterocycles. The number of anilines is 2. The first-order chi connectivity index (χ1) is 15.1. The molecule has 3 amide bonds. The number of piperidine rings is 2. The molecule has 0 radical (unpaired) electrons. The van der Waals surface area contributed by atoms with Crippen molar-refractivity contribution >= 4 is 40.4 Å². The van der Waals surface area contributed by atoms with Crippen LogP contribution in [0.3, 0.4) is 0 Å². The van der Waals surface area contributed by atoms with E-state index in [1.165, 1.54) is 11.3 Å². The Morgan fingerprint density at radius 2 is 2.03 bits per heavy atom. The molecule has 4 rings (SSSR count). The van der Waals surface area contributed by atoms with Crippen LogP contribution < -0.4 is 15.0 Å². The van der Waals surface area contributed by atoms with Crippen molar-refractivity contribution < 1.29 is 19.1 Å². The van der Waals surface area contributed by atoms with Crippen molar-refractivity contribution in [3.05, 3.63) is 40.6 Å². The molecular formula is C23H27N3O4S. The van der Waals surface area contributed by atoms with Crippen molar-refractivity contribution in [3.63, 3.8) is 0 Å². The van der Waals surface area contributed by atoms with Crippen LogP contribution in [-0.2, 0) is 9.59 Å². The molecule has 1 aromatic heterocycles. The van der Waals surface area contributed by atoms with Gasteiger partial charge in [-0.25, -0.2) is 0 Å². The first-order valence-corrected chi connectivity index (χ1v) is 11.6. The Kier molecular flexibility index (Phi) is 6.56. The summed E-state index contributed by atoms with van der Waals surface area (Å²) in [6, 6.07) is 9.04. The van der Waals surface area contributed by atoms with Gasteiger partial charge in [-0.15, -0.1) is 11.3 Å². The van der Waals surface area contributed by atoms with E-state index >= 15 is 0 Å². The number of amides is 3. The number of benzene rings is 1. The Bertz CT molecular complexity index is 960. The van der Waals surface area contributed by atoms with E-state index in [1.54, 1.807) is 35.1 Å². The fourth-order valence-electron chi connectivity index (χ4n) is 4.22. The molecule has 2 saturated heterocycles. The van der Waals surface area contributed by atoms with E-state index in [0.29, 0.717) is 48.1 Å². The summed E-state index contributed by atoms with van der Waals surface area (Å²) >= 11 is 1.42. The molecule has 8 heteroatoms. The number of nitrogens with one attached hydrogen (secondary N) is 1. The Morgan fingerprint density at radius 1 is 1.16 bits per heavy atom. The summed E-state index contributed by atoms with van der Waals surface area (Å²) in [5.41, 5.74) is 1.31. The molecular weight excluding hydrogens is 414 g/mol. The van der Waals surface area contributed by atoms with Gasteiger partial charge in [-0.05, 0) is 55.3 Å². The minimum Gasteiger partial charge on any atom is -0.495 e. The predicted molar refractivity (Wildman–Crippen MR) is 121 cm³/mol. The molecule has 0 aliphatic carbocycles. The molecule has 2 fully saturated rings. The summed E-state index contributed by atoms with van der Waals surface area (Å²) in [5, 5.41) is 4.87. The van der Waals surface area contributed by atoms with Crippen LogP contribution >= 0.6 is 11.3 Å². The van der Waals surface area contributed by atoms with Gasteiger partial charge in [0.05, 0.1) is 23.6 Å². The van der Waals surface area contributed by atoms with Crippen LogP contribution in [0.25, 0.3) is 0 Å². The predicted octanol–water partition coefficient (Wildman–Crippen LogP) is 3.76. The van der Waals surface area contributed by atoms with Gasteiger partial charge in [-0.2, -0.15) is 0 Å². The number of hydrogen-bond donors (Lipinski definition) is 1. The number of hydrogen-bond acceptors (Lipinski definition) is 5. The van der Waals surface area contributed by atoms with E-state index in [0.717, 1.165) is 25.7 Å². The van der Waals surface area contributed by atoms with Gasteiger partial charge in [0, 0.05) is 31.7 Å². The maximum absolute atomic E-state index is 13.0. The van der Waals surface area contributed by atoms with Gasteiger partial charge in [-0.3, -0.25) is 14.4 Å². The second kappa shape index (κ2) is 9.51. The minimum absolute atomic E-state index is 0.0113. The number of methoxy groups -OCH3 is 1. The lowest BCUT2D eigenvalue weighted by molar-refractivity contribution is -0.121. The van der Waals surface area contributed by atoms with Crippen molar-refractivity contribution in [3.8, 4) is 5.75 Å². The monoisotopic (exact) mass is 441 g/mol. The average molecular weight is 442 g/mol. The number of thiophene rings is 1. The molecule has 0 saturated carbocycles. The van der Waals surface area contributed by atoms with Crippen molar-refractivity contribution in [1.82, 2.24) is 4.90 Å². The van der Waals surface area contributed by atoms with Crippen LogP contribution in [0.2, 0.25) is 0 Å². The highest BCUT2D eigenvalue weighted by Gasteiger charge is 2.30. The Labute approximate surface area is 186 Å². The van der Waals surface area contributed by atoms with E-state index in [9.17, 15) is 14.4 Å². The summed E-state index contributed by atoms with van der Waals surface area (Å²) in [6.07, 6.45) is 3.91. The fourth-order valence-corrected chi connectivity index (χ4v) is 4.91. The third-order valence-corrected chi connectivity index (χ3v) is 6.73. The van der Waals surface area contributed by atoms with Gasteiger partial charge in [0.15, 0.2) is 0 Å². The summed E-state index contributed by atoms with van der Waals surface area (Å²) in [7, 11) is 1.58. The Morgan fingerprint density at radius 3 is 2.77 bits per heavy atom. The van der Waals surface area contributed by atoms with Gasteiger partial charge in [0.2, 0.25) is 11.8 Å². The smallest absolute Gasteiger partial charge is 0.263 e. The first kappa shape index (κ1) is 21.4. The molecule has 2 aromatic rings. The maximum atomic E-state index is 13.0. The summed E-state index contributed by atoms with van der Waals surface area (Å²) in [4.78, 5) is 42.2. The largest absolute Gasteiger partial charge is 0.495 e. The minimum atomic E-state index is -0.264. The zero-order valence-electron chi connectivity index (χ0n) is 17.6. The number of carbonyl (C=O) groups is 3. The molecule has 0 bridgehead atoms. The van der Waals surface area contributed by atoms with Crippen LogP contribution in [0.15, 0.2) is 35.7 Å². The molecule has 2 aliphatic rings. The highest BCUT2D eigenvalue weighted by Crippen LogP contribution is 2.34. The number of likely N-dealkylation sites (tertiary alicyclic amines) is 1. The molecule has 31 heavy (non-hydrogen) atoms.